The van der Waals surface area contributed by atoms with Gasteiger partial charge in [-0.3, -0.25) is 9.59 Å². The van der Waals surface area contributed by atoms with Crippen LogP contribution in [0.2, 0.25) is 5.02 Å². The third-order valence-electron chi connectivity index (χ3n) is 2.70. The number of hydrogen-bond donors (Lipinski definition) is 1. The minimum atomic E-state index is -4.54. The fourth-order valence-electron chi connectivity index (χ4n) is 1.62. The first-order chi connectivity index (χ1) is 10.1. The van der Waals surface area contributed by atoms with Crippen LogP contribution < -0.4 is 5.32 Å². The SMILES string of the molecule is C=CCN(CC(=O)Nc1cc(C(F)(F)F)ccc1Cl)C(C)=O. The van der Waals surface area contributed by atoms with Gasteiger partial charge in [-0.15, -0.1) is 6.58 Å². The fourth-order valence-corrected chi connectivity index (χ4v) is 1.79. The van der Waals surface area contributed by atoms with Crippen molar-refractivity contribution in [3.05, 3.63) is 41.4 Å². The minimum Gasteiger partial charge on any atom is -0.330 e. The number of benzene rings is 1. The van der Waals surface area contributed by atoms with Crippen LogP contribution in [-0.2, 0) is 15.8 Å². The van der Waals surface area contributed by atoms with Crippen LogP contribution in [0.5, 0.6) is 0 Å². The Morgan fingerprint density at radius 2 is 2.05 bits per heavy atom. The zero-order chi connectivity index (χ0) is 16.9. The second-order valence-corrected chi connectivity index (χ2v) is 4.84. The van der Waals surface area contributed by atoms with Crippen molar-refractivity contribution in [1.29, 1.82) is 0 Å². The van der Waals surface area contributed by atoms with Crippen LogP contribution in [0.4, 0.5) is 18.9 Å². The Balaban J connectivity index is 2.87. The van der Waals surface area contributed by atoms with E-state index in [2.05, 4.69) is 11.9 Å². The number of carbonyl (C=O) groups excluding carboxylic acids is 2. The van der Waals surface area contributed by atoms with Gasteiger partial charge in [-0.2, -0.15) is 13.2 Å². The molecule has 0 saturated carbocycles. The molecule has 0 unspecified atom stereocenters. The van der Waals surface area contributed by atoms with E-state index in [9.17, 15) is 22.8 Å². The Morgan fingerprint density at radius 3 is 2.55 bits per heavy atom. The van der Waals surface area contributed by atoms with Crippen LogP contribution in [0.3, 0.4) is 0 Å². The van der Waals surface area contributed by atoms with Crippen molar-refractivity contribution in [1.82, 2.24) is 4.90 Å². The zero-order valence-electron chi connectivity index (χ0n) is 11.7. The van der Waals surface area contributed by atoms with Crippen molar-refractivity contribution < 1.29 is 22.8 Å². The number of hydrogen-bond acceptors (Lipinski definition) is 2. The van der Waals surface area contributed by atoms with E-state index >= 15 is 0 Å². The highest BCUT2D eigenvalue weighted by Crippen LogP contribution is 2.33. The smallest absolute Gasteiger partial charge is 0.330 e. The van der Waals surface area contributed by atoms with E-state index in [-0.39, 0.29) is 29.7 Å². The van der Waals surface area contributed by atoms with Crippen molar-refractivity contribution in [3.63, 3.8) is 0 Å². The van der Waals surface area contributed by atoms with Crippen LogP contribution in [0.1, 0.15) is 12.5 Å². The highest BCUT2D eigenvalue weighted by molar-refractivity contribution is 6.33. The van der Waals surface area contributed by atoms with E-state index in [1.165, 1.54) is 17.9 Å². The summed E-state index contributed by atoms with van der Waals surface area (Å²) in [6.45, 7) is 4.57. The fraction of sp³-hybridized carbons (Fsp3) is 0.286. The van der Waals surface area contributed by atoms with E-state index in [4.69, 9.17) is 11.6 Å². The van der Waals surface area contributed by atoms with Crippen LogP contribution in [0.25, 0.3) is 0 Å². The number of nitrogens with one attached hydrogen (secondary N) is 1. The lowest BCUT2D eigenvalue weighted by Gasteiger charge is -2.19. The second kappa shape index (κ2) is 7.31. The molecule has 0 radical (unpaired) electrons. The number of carbonyl (C=O) groups is 2. The van der Waals surface area contributed by atoms with Crippen molar-refractivity contribution in [2.75, 3.05) is 18.4 Å². The van der Waals surface area contributed by atoms with E-state index in [1.54, 1.807) is 0 Å². The van der Waals surface area contributed by atoms with Crippen LogP contribution in [0.15, 0.2) is 30.9 Å². The van der Waals surface area contributed by atoms with Gasteiger partial charge < -0.3 is 10.2 Å². The van der Waals surface area contributed by atoms with E-state index in [1.807, 2.05) is 0 Å². The molecule has 0 bridgehead atoms. The van der Waals surface area contributed by atoms with E-state index < -0.39 is 17.6 Å². The van der Waals surface area contributed by atoms with Gasteiger partial charge in [0.15, 0.2) is 0 Å². The van der Waals surface area contributed by atoms with E-state index in [0.29, 0.717) is 0 Å². The predicted octanol–water partition coefficient (Wildman–Crippen LogP) is 3.33. The largest absolute Gasteiger partial charge is 0.416 e. The summed E-state index contributed by atoms with van der Waals surface area (Å²) in [4.78, 5) is 24.3. The Labute approximate surface area is 130 Å². The number of nitrogens with zero attached hydrogens (tertiary/aromatic N) is 1. The molecule has 0 aliphatic rings. The molecule has 0 atom stereocenters. The van der Waals surface area contributed by atoms with Gasteiger partial charge in [0.05, 0.1) is 16.3 Å². The monoisotopic (exact) mass is 334 g/mol. The molecule has 4 nitrogen and oxygen atoms in total. The average Bonchev–Trinajstić information content (AvgIpc) is 2.39. The number of halogens is 4. The van der Waals surface area contributed by atoms with Crippen molar-refractivity contribution in [3.8, 4) is 0 Å². The van der Waals surface area contributed by atoms with Crippen LogP contribution in [0, 0.1) is 0 Å². The van der Waals surface area contributed by atoms with Gasteiger partial charge in [-0.05, 0) is 18.2 Å². The molecule has 0 saturated heterocycles. The van der Waals surface area contributed by atoms with Crippen LogP contribution in [-0.4, -0.2) is 29.8 Å². The maximum atomic E-state index is 12.6. The third-order valence-corrected chi connectivity index (χ3v) is 3.03. The molecular formula is C14H14ClF3N2O2. The molecule has 1 rings (SSSR count). The topological polar surface area (TPSA) is 49.4 Å². The Morgan fingerprint density at radius 1 is 1.41 bits per heavy atom. The average molecular weight is 335 g/mol. The van der Waals surface area contributed by atoms with Gasteiger partial charge in [0.2, 0.25) is 11.8 Å². The Kier molecular flexibility index (Phi) is 5.99. The highest BCUT2D eigenvalue weighted by atomic mass is 35.5. The molecular weight excluding hydrogens is 321 g/mol. The third kappa shape index (κ3) is 5.07. The van der Waals surface area contributed by atoms with Crippen molar-refractivity contribution in [2.45, 2.75) is 13.1 Å². The maximum absolute atomic E-state index is 12.6. The molecule has 2 amide bonds. The molecule has 0 aliphatic carbocycles. The number of anilines is 1. The summed E-state index contributed by atoms with van der Waals surface area (Å²) in [5, 5.41) is 2.24. The lowest BCUT2D eigenvalue weighted by Crippen LogP contribution is -2.36. The molecule has 0 aliphatic heterocycles. The van der Waals surface area contributed by atoms with Gasteiger partial charge in [0, 0.05) is 13.5 Å². The minimum absolute atomic E-state index is 0.0283. The molecule has 0 fully saturated rings. The summed E-state index contributed by atoms with van der Waals surface area (Å²) in [5.41, 5.74) is -1.09. The summed E-state index contributed by atoms with van der Waals surface area (Å²) in [6, 6.07) is 2.61. The lowest BCUT2D eigenvalue weighted by molar-refractivity contribution is -0.137. The van der Waals surface area contributed by atoms with Gasteiger partial charge >= 0.3 is 6.18 Å². The van der Waals surface area contributed by atoms with Gasteiger partial charge in [-0.25, -0.2) is 0 Å². The molecule has 0 heterocycles. The lowest BCUT2D eigenvalue weighted by atomic mass is 10.2. The van der Waals surface area contributed by atoms with Gasteiger partial charge in [0.1, 0.15) is 6.54 Å². The molecule has 8 heteroatoms. The Bertz CT molecular complexity index is 588. The molecule has 0 spiro atoms. The zero-order valence-corrected chi connectivity index (χ0v) is 12.5. The standard InChI is InChI=1S/C14H14ClF3N2O2/c1-3-6-20(9(2)21)8-13(22)19-12-7-10(14(16,17)18)4-5-11(12)15/h3-5,7H,1,6,8H2,2H3,(H,19,22). The summed E-state index contributed by atoms with van der Waals surface area (Å²) in [5.74, 6) is -1.01. The quantitative estimate of drug-likeness (QED) is 0.840. The molecule has 1 aromatic rings. The molecule has 1 N–H and O–H groups in total. The second-order valence-electron chi connectivity index (χ2n) is 4.43. The number of alkyl halides is 3. The molecule has 120 valence electrons. The predicted molar refractivity (Wildman–Crippen MR) is 77.5 cm³/mol. The molecule has 1 aromatic carbocycles. The molecule has 0 aromatic heterocycles. The number of amides is 2. The number of rotatable bonds is 5. The Hall–Kier alpha value is -2.02. The molecule has 22 heavy (non-hydrogen) atoms. The van der Waals surface area contributed by atoms with Crippen molar-refractivity contribution in [2.24, 2.45) is 0 Å². The van der Waals surface area contributed by atoms with Gasteiger partial charge in [0.25, 0.3) is 0 Å². The van der Waals surface area contributed by atoms with Gasteiger partial charge in [-0.1, -0.05) is 17.7 Å². The summed E-state index contributed by atoms with van der Waals surface area (Å²) >= 11 is 5.77. The highest BCUT2D eigenvalue weighted by Gasteiger charge is 2.31. The van der Waals surface area contributed by atoms with Crippen LogP contribution >= 0.6 is 11.6 Å². The summed E-state index contributed by atoms with van der Waals surface area (Å²) in [6.07, 6.45) is -3.11. The normalized spacial score (nSPS) is 11.0. The first kappa shape index (κ1) is 18.0. The summed E-state index contributed by atoms with van der Waals surface area (Å²) in [7, 11) is 0. The first-order valence-corrected chi connectivity index (χ1v) is 6.56. The van der Waals surface area contributed by atoms with E-state index in [0.717, 1.165) is 18.2 Å². The first-order valence-electron chi connectivity index (χ1n) is 6.18. The maximum Gasteiger partial charge on any atom is 0.416 e. The summed E-state index contributed by atoms with van der Waals surface area (Å²) < 4.78 is 37.9. The van der Waals surface area contributed by atoms with Crippen molar-refractivity contribution >= 4 is 29.1 Å².